The number of methoxy groups -OCH3 is 1. The molecule has 0 unspecified atom stereocenters. The Kier molecular flexibility index (Phi) is 95.9. The third-order valence-electron chi connectivity index (χ3n) is 1.17. The zero-order valence-electron chi connectivity index (χ0n) is 10.7. The molecule has 6 nitrogen and oxygen atoms in total. The highest BCUT2D eigenvalue weighted by Gasteiger charge is 1.78. The average molecular weight is 298 g/mol. The second kappa shape index (κ2) is 52.9. The van der Waals surface area contributed by atoms with E-state index in [9.17, 15) is 9.59 Å². The predicted octanol–water partition coefficient (Wildman–Crippen LogP) is 3.23. The van der Waals surface area contributed by atoms with E-state index >= 15 is 0 Å². The Morgan fingerprint density at radius 2 is 1.15 bits per heavy atom. The average Bonchev–Trinajstić information content (AvgIpc) is 2.38. The number of carbonyl (C=O) groups excluding carboxylic acids is 3. The van der Waals surface area contributed by atoms with Crippen molar-refractivity contribution in [2.24, 2.45) is 0 Å². The SMILES string of the molecule is C.C.C.CCCCOC=O.CCCOC=O.COC=O. The molecule has 0 fully saturated rings. The summed E-state index contributed by atoms with van der Waals surface area (Å²) in [6.45, 7) is 6.43. The molecule has 0 aromatic carbocycles. The topological polar surface area (TPSA) is 78.9 Å². The molecule has 0 saturated heterocycles. The Morgan fingerprint density at radius 1 is 0.750 bits per heavy atom. The first-order valence-corrected chi connectivity index (χ1v) is 5.31. The molecular formula is C14H34O6. The van der Waals surface area contributed by atoms with E-state index in [2.05, 4.69) is 14.2 Å². The molecule has 0 atom stereocenters. The van der Waals surface area contributed by atoms with Crippen LogP contribution in [0.5, 0.6) is 0 Å². The van der Waals surface area contributed by atoms with Crippen molar-refractivity contribution in [1.82, 2.24) is 0 Å². The fourth-order valence-corrected chi connectivity index (χ4v) is 0.442. The third kappa shape index (κ3) is 94.8. The first-order chi connectivity index (χ1) is 8.24. The van der Waals surface area contributed by atoms with Gasteiger partial charge in [0.2, 0.25) is 0 Å². The van der Waals surface area contributed by atoms with Crippen molar-refractivity contribution in [2.45, 2.75) is 55.4 Å². The maximum atomic E-state index is 9.46. The molecule has 0 radical (unpaired) electrons. The molecule has 0 N–H and O–H groups in total. The minimum absolute atomic E-state index is 0. The van der Waals surface area contributed by atoms with Crippen LogP contribution >= 0.6 is 0 Å². The third-order valence-corrected chi connectivity index (χ3v) is 1.17. The Labute approximate surface area is 124 Å². The van der Waals surface area contributed by atoms with Crippen molar-refractivity contribution in [3.63, 3.8) is 0 Å². The summed E-state index contributed by atoms with van der Waals surface area (Å²) in [5.41, 5.74) is 0. The largest absolute Gasteiger partial charge is 0.471 e. The molecule has 6 heteroatoms. The van der Waals surface area contributed by atoms with Crippen LogP contribution in [-0.2, 0) is 28.6 Å². The van der Waals surface area contributed by atoms with Crippen molar-refractivity contribution in [3.8, 4) is 0 Å². The van der Waals surface area contributed by atoms with Gasteiger partial charge in [-0.1, -0.05) is 42.5 Å². The monoisotopic (exact) mass is 298 g/mol. The first-order valence-electron chi connectivity index (χ1n) is 5.31. The highest BCUT2D eigenvalue weighted by atomic mass is 16.5. The number of ether oxygens (including phenoxy) is 3. The minimum atomic E-state index is 0. The second-order valence-electron chi connectivity index (χ2n) is 2.62. The molecule has 0 saturated carbocycles. The molecule has 0 bridgehead atoms. The van der Waals surface area contributed by atoms with Crippen molar-refractivity contribution in [1.29, 1.82) is 0 Å². The van der Waals surface area contributed by atoms with Gasteiger partial charge in [-0.3, -0.25) is 14.4 Å². The highest BCUT2D eigenvalue weighted by molar-refractivity contribution is 5.37. The molecule has 0 spiro atoms. The van der Waals surface area contributed by atoms with Crippen LogP contribution in [0.3, 0.4) is 0 Å². The van der Waals surface area contributed by atoms with E-state index in [1.165, 1.54) is 7.11 Å². The Morgan fingerprint density at radius 3 is 1.35 bits per heavy atom. The number of rotatable bonds is 8. The lowest BCUT2D eigenvalue weighted by Gasteiger charge is -1.90. The molecule has 126 valence electrons. The van der Waals surface area contributed by atoms with Gasteiger partial charge in [0.25, 0.3) is 19.4 Å². The van der Waals surface area contributed by atoms with Gasteiger partial charge < -0.3 is 14.2 Å². The normalized spacial score (nSPS) is 6.15. The van der Waals surface area contributed by atoms with E-state index in [0.29, 0.717) is 32.6 Å². The van der Waals surface area contributed by atoms with E-state index in [1.807, 2.05) is 13.8 Å². The van der Waals surface area contributed by atoms with E-state index in [-0.39, 0.29) is 22.3 Å². The Hall–Kier alpha value is -1.59. The van der Waals surface area contributed by atoms with Gasteiger partial charge in [0, 0.05) is 0 Å². The summed E-state index contributed by atoms with van der Waals surface area (Å²) in [7, 11) is 1.31. The van der Waals surface area contributed by atoms with Gasteiger partial charge in [-0.05, 0) is 12.8 Å². The predicted molar refractivity (Wildman–Crippen MR) is 82.5 cm³/mol. The zero-order valence-corrected chi connectivity index (χ0v) is 10.7. The summed E-state index contributed by atoms with van der Waals surface area (Å²) in [6, 6.07) is 0. The van der Waals surface area contributed by atoms with Crippen LogP contribution in [0.4, 0.5) is 0 Å². The molecule has 0 aliphatic heterocycles. The smallest absolute Gasteiger partial charge is 0.293 e. The lowest BCUT2D eigenvalue weighted by Crippen LogP contribution is -1.88. The van der Waals surface area contributed by atoms with E-state index in [0.717, 1.165) is 19.3 Å². The molecular weight excluding hydrogens is 264 g/mol. The van der Waals surface area contributed by atoms with Crippen molar-refractivity contribution in [2.75, 3.05) is 20.3 Å². The molecule has 0 aromatic rings. The van der Waals surface area contributed by atoms with Crippen LogP contribution < -0.4 is 0 Å². The van der Waals surface area contributed by atoms with Gasteiger partial charge in [-0.25, -0.2) is 0 Å². The summed E-state index contributed by atoms with van der Waals surface area (Å²) in [5, 5.41) is 0. The first kappa shape index (κ1) is 36.2. The standard InChI is InChI=1S/C5H10O2.C4H8O2.C2H4O2.3CH4/c1-2-3-4-7-5-6;1-2-3-6-4-5;1-4-2-3;;;/h5H,2-4H2,1H3;4H,2-3H2,1H3;2H,1H3;3*1H4. The second-order valence-corrected chi connectivity index (χ2v) is 2.62. The minimum Gasteiger partial charge on any atom is -0.471 e. The fourth-order valence-electron chi connectivity index (χ4n) is 0.442. The molecule has 0 aliphatic rings. The van der Waals surface area contributed by atoms with Crippen LogP contribution in [0.15, 0.2) is 0 Å². The molecule has 0 heterocycles. The number of hydrogen-bond donors (Lipinski definition) is 0. The van der Waals surface area contributed by atoms with E-state index in [4.69, 9.17) is 4.79 Å². The fraction of sp³-hybridized carbons (Fsp3) is 0.786. The van der Waals surface area contributed by atoms with E-state index < -0.39 is 0 Å². The zero-order chi connectivity index (χ0) is 13.8. The van der Waals surface area contributed by atoms with Gasteiger partial charge in [0.1, 0.15) is 0 Å². The van der Waals surface area contributed by atoms with Crippen LogP contribution in [0, 0.1) is 0 Å². The van der Waals surface area contributed by atoms with Crippen molar-refractivity contribution < 1.29 is 28.6 Å². The molecule has 20 heavy (non-hydrogen) atoms. The summed E-state index contributed by atoms with van der Waals surface area (Å²) < 4.78 is 12.6. The van der Waals surface area contributed by atoms with Crippen LogP contribution in [-0.4, -0.2) is 39.7 Å². The lowest BCUT2D eigenvalue weighted by molar-refractivity contribution is -0.129. The van der Waals surface area contributed by atoms with E-state index in [1.54, 1.807) is 0 Å². The van der Waals surface area contributed by atoms with Gasteiger partial charge in [-0.15, -0.1) is 0 Å². The Bertz CT molecular complexity index is 151. The summed E-state index contributed by atoms with van der Waals surface area (Å²) >= 11 is 0. The van der Waals surface area contributed by atoms with Crippen molar-refractivity contribution in [3.05, 3.63) is 0 Å². The van der Waals surface area contributed by atoms with Gasteiger partial charge in [0.15, 0.2) is 0 Å². The summed E-state index contributed by atoms with van der Waals surface area (Å²) in [5.74, 6) is 0. The van der Waals surface area contributed by atoms with Crippen LogP contribution in [0.2, 0.25) is 0 Å². The van der Waals surface area contributed by atoms with Gasteiger partial charge in [-0.2, -0.15) is 0 Å². The molecule has 0 amide bonds. The number of hydrogen-bond acceptors (Lipinski definition) is 6. The maximum Gasteiger partial charge on any atom is 0.293 e. The van der Waals surface area contributed by atoms with Crippen LogP contribution in [0.25, 0.3) is 0 Å². The molecule has 0 aromatic heterocycles. The summed E-state index contributed by atoms with van der Waals surface area (Å²) in [6.07, 6.45) is 2.95. The Balaban J connectivity index is -0.0000000352. The number of unbranched alkanes of at least 4 members (excludes halogenated alkanes) is 1. The molecule has 0 rings (SSSR count). The quantitative estimate of drug-likeness (QED) is 0.389. The van der Waals surface area contributed by atoms with Gasteiger partial charge >= 0.3 is 0 Å². The number of carbonyl (C=O) groups is 3. The maximum absolute atomic E-state index is 9.46. The molecule has 0 aliphatic carbocycles. The summed E-state index contributed by atoms with van der Waals surface area (Å²) in [4.78, 5) is 27.8. The highest BCUT2D eigenvalue weighted by Crippen LogP contribution is 1.83. The van der Waals surface area contributed by atoms with Gasteiger partial charge in [0.05, 0.1) is 20.3 Å². The van der Waals surface area contributed by atoms with Crippen molar-refractivity contribution >= 4 is 19.4 Å². The van der Waals surface area contributed by atoms with Crippen LogP contribution in [0.1, 0.15) is 55.4 Å². The lowest BCUT2D eigenvalue weighted by atomic mass is 10.4.